The molecule has 18 heavy (non-hydrogen) atoms. The highest BCUT2D eigenvalue weighted by Gasteiger charge is 2.07. The van der Waals surface area contributed by atoms with Crippen LogP contribution in [-0.2, 0) is 16.0 Å². The van der Waals surface area contributed by atoms with Crippen molar-refractivity contribution >= 4 is 28.3 Å². The number of aromatic nitrogens is 2. The van der Waals surface area contributed by atoms with Crippen molar-refractivity contribution in [2.45, 2.75) is 32.6 Å². The summed E-state index contributed by atoms with van der Waals surface area (Å²) >= 11 is 1.63. The lowest BCUT2D eigenvalue weighted by Crippen LogP contribution is -2.03. The van der Waals surface area contributed by atoms with Crippen LogP contribution in [-0.4, -0.2) is 22.5 Å². The molecule has 2 rings (SSSR count). The first-order chi connectivity index (χ1) is 8.70. The standard InChI is InChI=1S/C12H16N2O3S/c1-2-17-10(15)6-4-3-5-9-11-8(7-18-9)13-12(16)14-11/h7H,2-6H2,1H3,(H2,13,14,16). The molecule has 0 saturated heterocycles. The quantitative estimate of drug-likeness (QED) is 0.623. The number of esters is 1. The Hall–Kier alpha value is -1.56. The molecule has 0 bridgehead atoms. The van der Waals surface area contributed by atoms with Gasteiger partial charge in [-0.25, -0.2) is 4.79 Å². The number of rotatable bonds is 6. The van der Waals surface area contributed by atoms with Crippen LogP contribution in [0.3, 0.4) is 0 Å². The molecular formula is C12H16N2O3S. The number of fused-ring (bicyclic) bond motifs is 1. The van der Waals surface area contributed by atoms with Crippen molar-refractivity contribution in [2.24, 2.45) is 0 Å². The van der Waals surface area contributed by atoms with E-state index in [1.807, 2.05) is 12.3 Å². The number of thiophene rings is 1. The first-order valence-corrected chi connectivity index (χ1v) is 6.92. The number of ether oxygens (including phenoxy) is 1. The third-order valence-corrected chi connectivity index (χ3v) is 3.74. The normalized spacial score (nSPS) is 10.9. The first-order valence-electron chi connectivity index (χ1n) is 6.04. The lowest BCUT2D eigenvalue weighted by Gasteiger charge is -2.01. The minimum atomic E-state index is -0.166. The largest absolute Gasteiger partial charge is 0.466 e. The van der Waals surface area contributed by atoms with Crippen LogP contribution in [0.15, 0.2) is 10.2 Å². The molecule has 0 saturated carbocycles. The van der Waals surface area contributed by atoms with Gasteiger partial charge in [-0.05, 0) is 26.2 Å². The van der Waals surface area contributed by atoms with Crippen LogP contribution < -0.4 is 5.69 Å². The summed E-state index contributed by atoms with van der Waals surface area (Å²) in [6.45, 7) is 2.25. The van der Waals surface area contributed by atoms with E-state index in [9.17, 15) is 9.59 Å². The molecule has 0 aliphatic heterocycles. The molecule has 6 heteroatoms. The van der Waals surface area contributed by atoms with Gasteiger partial charge in [-0.3, -0.25) is 4.79 Å². The SMILES string of the molecule is CCOC(=O)CCCCc1scc2[nH]c(=O)[nH]c12. The number of nitrogens with one attached hydrogen (secondary N) is 2. The Morgan fingerprint density at radius 2 is 2.22 bits per heavy atom. The van der Waals surface area contributed by atoms with E-state index in [0.29, 0.717) is 13.0 Å². The Kier molecular flexibility index (Phi) is 4.19. The number of carbonyl (C=O) groups is 1. The minimum absolute atomic E-state index is 0.135. The lowest BCUT2D eigenvalue weighted by atomic mass is 10.1. The maximum Gasteiger partial charge on any atom is 0.323 e. The van der Waals surface area contributed by atoms with E-state index in [-0.39, 0.29) is 11.7 Å². The molecule has 2 aromatic heterocycles. The summed E-state index contributed by atoms with van der Waals surface area (Å²) in [5.41, 5.74) is 1.60. The second-order valence-electron chi connectivity index (χ2n) is 4.04. The van der Waals surface area contributed by atoms with E-state index < -0.39 is 0 Å². The van der Waals surface area contributed by atoms with Gasteiger partial charge in [0.05, 0.1) is 17.6 Å². The number of aryl methyl sites for hydroxylation is 1. The molecule has 0 spiro atoms. The predicted octanol–water partition coefficient (Wildman–Crippen LogP) is 2.19. The number of imidazole rings is 1. The monoisotopic (exact) mass is 268 g/mol. The average Bonchev–Trinajstić information content (AvgIpc) is 2.85. The summed E-state index contributed by atoms with van der Waals surface area (Å²) < 4.78 is 4.86. The molecule has 0 unspecified atom stereocenters. The fraction of sp³-hybridized carbons (Fsp3) is 0.500. The van der Waals surface area contributed by atoms with Crippen LogP contribution >= 0.6 is 11.3 Å². The van der Waals surface area contributed by atoms with Crippen molar-refractivity contribution in [3.8, 4) is 0 Å². The van der Waals surface area contributed by atoms with Crippen molar-refractivity contribution in [3.05, 3.63) is 20.7 Å². The summed E-state index contributed by atoms with van der Waals surface area (Å²) in [5.74, 6) is -0.135. The van der Waals surface area contributed by atoms with E-state index in [1.54, 1.807) is 11.3 Å². The van der Waals surface area contributed by atoms with E-state index in [2.05, 4.69) is 9.97 Å². The van der Waals surface area contributed by atoms with Gasteiger partial charge in [0.25, 0.3) is 0 Å². The summed E-state index contributed by atoms with van der Waals surface area (Å²) in [5, 5.41) is 1.94. The second kappa shape index (κ2) is 5.86. The molecule has 0 atom stereocenters. The number of unbranched alkanes of at least 4 members (excludes halogenated alkanes) is 1. The van der Waals surface area contributed by atoms with E-state index in [1.165, 1.54) is 0 Å². The average molecular weight is 268 g/mol. The summed E-state index contributed by atoms with van der Waals surface area (Å²) in [6, 6.07) is 0. The summed E-state index contributed by atoms with van der Waals surface area (Å²) in [4.78, 5) is 28.9. The number of hydrogen-bond donors (Lipinski definition) is 2. The van der Waals surface area contributed by atoms with Gasteiger partial charge in [-0.2, -0.15) is 0 Å². The molecule has 0 aliphatic rings. The number of aromatic amines is 2. The van der Waals surface area contributed by atoms with Crippen LogP contribution in [0, 0.1) is 0 Å². The molecule has 0 aliphatic carbocycles. The van der Waals surface area contributed by atoms with Crippen molar-refractivity contribution in [1.82, 2.24) is 9.97 Å². The van der Waals surface area contributed by atoms with Gasteiger partial charge in [-0.1, -0.05) is 0 Å². The molecule has 2 N–H and O–H groups in total. The molecule has 5 nitrogen and oxygen atoms in total. The zero-order valence-corrected chi connectivity index (χ0v) is 11.1. The Labute approximate surface area is 108 Å². The topological polar surface area (TPSA) is 75.0 Å². The van der Waals surface area contributed by atoms with Crippen molar-refractivity contribution in [1.29, 1.82) is 0 Å². The number of H-pyrrole nitrogens is 2. The third-order valence-electron chi connectivity index (χ3n) is 2.69. The fourth-order valence-corrected chi connectivity index (χ4v) is 2.84. The van der Waals surface area contributed by atoms with Crippen LogP contribution in [0.25, 0.3) is 11.0 Å². The summed E-state index contributed by atoms with van der Waals surface area (Å²) in [6.07, 6.45) is 3.07. The zero-order chi connectivity index (χ0) is 13.0. The smallest absolute Gasteiger partial charge is 0.323 e. The fourth-order valence-electron chi connectivity index (χ4n) is 1.87. The van der Waals surface area contributed by atoms with Crippen LogP contribution in [0.5, 0.6) is 0 Å². The molecule has 0 amide bonds. The zero-order valence-electron chi connectivity index (χ0n) is 10.2. The highest BCUT2D eigenvalue weighted by molar-refractivity contribution is 7.11. The predicted molar refractivity (Wildman–Crippen MR) is 71.0 cm³/mol. The maximum atomic E-state index is 11.1. The molecule has 2 heterocycles. The van der Waals surface area contributed by atoms with Crippen molar-refractivity contribution in [2.75, 3.05) is 6.61 Å². The van der Waals surface area contributed by atoms with Gasteiger partial charge >= 0.3 is 11.7 Å². The highest BCUT2D eigenvalue weighted by Crippen LogP contribution is 2.23. The van der Waals surface area contributed by atoms with Crippen LogP contribution in [0.1, 0.15) is 31.1 Å². The molecule has 98 valence electrons. The second-order valence-corrected chi connectivity index (χ2v) is 5.00. The van der Waals surface area contributed by atoms with E-state index >= 15 is 0 Å². The Morgan fingerprint density at radius 1 is 1.39 bits per heavy atom. The first kappa shape index (κ1) is 12.9. The summed E-state index contributed by atoms with van der Waals surface area (Å²) in [7, 11) is 0. The number of hydrogen-bond acceptors (Lipinski definition) is 4. The van der Waals surface area contributed by atoms with Gasteiger partial charge in [0.2, 0.25) is 0 Å². The molecule has 2 aromatic rings. The van der Waals surface area contributed by atoms with Gasteiger partial charge in [0, 0.05) is 16.7 Å². The lowest BCUT2D eigenvalue weighted by molar-refractivity contribution is -0.143. The van der Waals surface area contributed by atoms with Crippen LogP contribution in [0.2, 0.25) is 0 Å². The molecule has 0 aromatic carbocycles. The third kappa shape index (κ3) is 3.01. The minimum Gasteiger partial charge on any atom is -0.466 e. The molecular weight excluding hydrogens is 252 g/mol. The van der Waals surface area contributed by atoms with E-state index in [4.69, 9.17) is 4.74 Å². The highest BCUT2D eigenvalue weighted by atomic mass is 32.1. The number of carbonyl (C=O) groups excluding carboxylic acids is 1. The molecule has 0 radical (unpaired) electrons. The Bertz CT molecular complexity index is 581. The maximum absolute atomic E-state index is 11.1. The molecule has 0 fully saturated rings. The van der Waals surface area contributed by atoms with Crippen molar-refractivity contribution < 1.29 is 9.53 Å². The van der Waals surface area contributed by atoms with Gasteiger partial charge < -0.3 is 14.7 Å². The van der Waals surface area contributed by atoms with E-state index in [0.717, 1.165) is 35.2 Å². The van der Waals surface area contributed by atoms with Crippen molar-refractivity contribution in [3.63, 3.8) is 0 Å². The van der Waals surface area contributed by atoms with Gasteiger partial charge in [-0.15, -0.1) is 11.3 Å². The Balaban J connectivity index is 1.83. The Morgan fingerprint density at radius 3 is 3.00 bits per heavy atom. The van der Waals surface area contributed by atoms with Gasteiger partial charge in [0.15, 0.2) is 0 Å². The van der Waals surface area contributed by atoms with Gasteiger partial charge in [0.1, 0.15) is 0 Å². The van der Waals surface area contributed by atoms with Crippen LogP contribution in [0.4, 0.5) is 0 Å².